The summed E-state index contributed by atoms with van der Waals surface area (Å²) >= 11 is 9.43. The van der Waals surface area contributed by atoms with Crippen molar-refractivity contribution < 1.29 is 27.1 Å². The van der Waals surface area contributed by atoms with Crippen molar-refractivity contribution in [3.63, 3.8) is 0 Å². The predicted molar refractivity (Wildman–Crippen MR) is 124 cm³/mol. The molecule has 1 amide bonds. The number of rotatable bonds is 3. The molecule has 0 atom stereocenters. The second-order valence-corrected chi connectivity index (χ2v) is 12.2. The SMILES string of the molecule is CC(C)(C)OC(=O)NC1CC(N2CCOc3c(Cl)c(Br)c(F)c4nc(S(C)(=O)=O)nc2c34)C1. The average Bonchev–Trinajstić information content (AvgIpc) is 2.84. The summed E-state index contributed by atoms with van der Waals surface area (Å²) in [4.78, 5) is 22.2. The maximum atomic E-state index is 15.1. The molecule has 0 spiro atoms. The van der Waals surface area contributed by atoms with Crippen molar-refractivity contribution in [3.05, 3.63) is 15.3 Å². The molecule has 1 aliphatic heterocycles. The van der Waals surface area contributed by atoms with Crippen molar-refractivity contribution >= 4 is 60.2 Å². The molecule has 1 aliphatic carbocycles. The highest BCUT2D eigenvalue weighted by Crippen LogP contribution is 2.47. The Bertz CT molecular complexity index is 1250. The van der Waals surface area contributed by atoms with E-state index in [4.69, 9.17) is 21.1 Å². The molecule has 0 unspecified atom stereocenters. The molecule has 180 valence electrons. The zero-order valence-corrected chi connectivity index (χ0v) is 21.6. The number of nitrogens with one attached hydrogen (secondary N) is 1. The molecule has 2 aromatic rings. The van der Waals surface area contributed by atoms with Crippen molar-refractivity contribution in [2.24, 2.45) is 0 Å². The molecule has 1 saturated carbocycles. The van der Waals surface area contributed by atoms with Crippen LogP contribution < -0.4 is 15.0 Å². The highest BCUT2D eigenvalue weighted by Gasteiger charge is 2.39. The van der Waals surface area contributed by atoms with Gasteiger partial charge >= 0.3 is 6.09 Å². The van der Waals surface area contributed by atoms with Crippen molar-refractivity contribution in [2.75, 3.05) is 24.3 Å². The van der Waals surface area contributed by atoms with Crippen LogP contribution in [0.5, 0.6) is 5.75 Å². The summed E-state index contributed by atoms with van der Waals surface area (Å²) in [5.41, 5.74) is -0.799. The van der Waals surface area contributed by atoms with Gasteiger partial charge in [0.05, 0.1) is 16.4 Å². The Labute approximate surface area is 204 Å². The summed E-state index contributed by atoms with van der Waals surface area (Å²) < 4.78 is 50.6. The molecule has 0 bridgehead atoms. The van der Waals surface area contributed by atoms with E-state index in [0.29, 0.717) is 19.4 Å². The summed E-state index contributed by atoms with van der Waals surface area (Å²) in [6.45, 7) is 5.94. The molecular weight excluding hydrogens is 543 g/mol. The van der Waals surface area contributed by atoms with Crippen LogP contribution in [-0.2, 0) is 14.6 Å². The fraction of sp³-hybridized carbons (Fsp3) is 0.550. The standard InChI is InChI=1S/C20H23BrClFN4O5S/c1-20(2,3)32-19(28)24-9-7-10(8-9)27-5-6-31-16-11-15(14(23)12(21)13(16)22)25-18(26-17(11)27)33(4,29)30/h9-10H,5-8H2,1-4H3,(H,24,28). The largest absolute Gasteiger partial charge is 0.489 e. The number of benzene rings is 1. The molecule has 0 radical (unpaired) electrons. The second-order valence-electron chi connectivity index (χ2n) is 9.11. The molecule has 4 rings (SSSR count). The van der Waals surface area contributed by atoms with Crippen LogP contribution in [0.2, 0.25) is 5.02 Å². The topological polar surface area (TPSA) is 111 Å². The van der Waals surface area contributed by atoms with Crippen LogP contribution in [0, 0.1) is 5.82 Å². The van der Waals surface area contributed by atoms with Crippen LogP contribution >= 0.6 is 27.5 Å². The zero-order chi connectivity index (χ0) is 24.3. The van der Waals surface area contributed by atoms with E-state index < -0.39 is 32.5 Å². The lowest BCUT2D eigenvalue weighted by molar-refractivity contribution is 0.0470. The van der Waals surface area contributed by atoms with Crippen LogP contribution in [0.25, 0.3) is 10.9 Å². The van der Waals surface area contributed by atoms with E-state index in [-0.39, 0.29) is 50.7 Å². The summed E-state index contributed by atoms with van der Waals surface area (Å²) in [6.07, 6.45) is 1.60. The number of anilines is 1. The molecule has 1 aromatic heterocycles. The van der Waals surface area contributed by atoms with Crippen molar-refractivity contribution in [2.45, 2.75) is 56.5 Å². The van der Waals surface area contributed by atoms with Gasteiger partial charge in [-0.1, -0.05) is 11.6 Å². The number of ether oxygens (including phenoxy) is 2. The highest BCUT2D eigenvalue weighted by molar-refractivity contribution is 9.10. The van der Waals surface area contributed by atoms with Gasteiger partial charge in [0.25, 0.3) is 0 Å². The third-order valence-electron chi connectivity index (χ3n) is 5.35. The van der Waals surface area contributed by atoms with Gasteiger partial charge in [-0.15, -0.1) is 0 Å². The Morgan fingerprint density at radius 2 is 2.00 bits per heavy atom. The number of carbonyl (C=O) groups is 1. The quantitative estimate of drug-likeness (QED) is 0.442. The van der Waals surface area contributed by atoms with Crippen LogP contribution in [0.4, 0.5) is 15.0 Å². The van der Waals surface area contributed by atoms with Gasteiger partial charge in [-0.25, -0.2) is 27.6 Å². The van der Waals surface area contributed by atoms with Crippen LogP contribution in [0.1, 0.15) is 33.6 Å². The molecule has 9 nitrogen and oxygen atoms in total. The first kappa shape index (κ1) is 24.2. The minimum atomic E-state index is -3.83. The Hall–Kier alpha value is -1.92. The second kappa shape index (κ2) is 8.38. The normalized spacial score (nSPS) is 20.6. The average molecular weight is 566 g/mol. The molecule has 0 saturated heterocycles. The smallest absolute Gasteiger partial charge is 0.407 e. The van der Waals surface area contributed by atoms with E-state index >= 15 is 4.39 Å². The lowest BCUT2D eigenvalue weighted by Gasteiger charge is -2.43. The van der Waals surface area contributed by atoms with Gasteiger partial charge in [-0.3, -0.25) is 0 Å². The van der Waals surface area contributed by atoms with Crippen LogP contribution in [0.15, 0.2) is 9.63 Å². The maximum Gasteiger partial charge on any atom is 0.407 e. The van der Waals surface area contributed by atoms with Gasteiger partial charge in [0.2, 0.25) is 15.0 Å². The fourth-order valence-electron chi connectivity index (χ4n) is 3.86. The van der Waals surface area contributed by atoms with Gasteiger partial charge in [-0.2, -0.15) is 0 Å². The van der Waals surface area contributed by atoms with E-state index in [0.717, 1.165) is 6.26 Å². The van der Waals surface area contributed by atoms with Gasteiger partial charge < -0.3 is 19.7 Å². The third-order valence-corrected chi connectivity index (χ3v) is 7.53. The predicted octanol–water partition coefficient (Wildman–Crippen LogP) is 3.84. The number of alkyl carbamates (subject to hydrolysis) is 1. The summed E-state index contributed by atoms with van der Waals surface area (Å²) in [7, 11) is -3.83. The first-order chi connectivity index (χ1) is 15.3. The van der Waals surface area contributed by atoms with E-state index in [1.54, 1.807) is 20.8 Å². The lowest BCUT2D eigenvalue weighted by atomic mass is 9.85. The fourth-order valence-corrected chi connectivity index (χ4v) is 4.97. The molecule has 13 heteroatoms. The lowest BCUT2D eigenvalue weighted by Crippen LogP contribution is -2.55. The molecular formula is C20H23BrClFN4O5S. The third kappa shape index (κ3) is 4.69. The van der Waals surface area contributed by atoms with E-state index in [9.17, 15) is 13.2 Å². The molecule has 2 aliphatic rings. The monoisotopic (exact) mass is 564 g/mol. The number of halogens is 3. The van der Waals surface area contributed by atoms with Crippen molar-refractivity contribution in [3.8, 4) is 5.75 Å². The van der Waals surface area contributed by atoms with Gasteiger partial charge in [0.1, 0.15) is 28.6 Å². The van der Waals surface area contributed by atoms with Gasteiger partial charge in [0.15, 0.2) is 11.6 Å². The van der Waals surface area contributed by atoms with E-state index in [1.807, 2.05) is 4.90 Å². The minimum absolute atomic E-state index is 0.0249. The summed E-state index contributed by atoms with van der Waals surface area (Å²) in [6, 6.07) is -0.207. The Balaban J connectivity index is 1.71. The molecule has 1 fully saturated rings. The number of amides is 1. The number of aromatic nitrogens is 2. The summed E-state index contributed by atoms with van der Waals surface area (Å²) in [5, 5.41) is 2.58. The number of sulfone groups is 1. The van der Waals surface area contributed by atoms with Crippen LogP contribution in [0.3, 0.4) is 0 Å². The first-order valence-electron chi connectivity index (χ1n) is 10.2. The Morgan fingerprint density at radius 3 is 2.61 bits per heavy atom. The van der Waals surface area contributed by atoms with Crippen molar-refractivity contribution in [1.29, 1.82) is 0 Å². The maximum absolute atomic E-state index is 15.1. The number of hydrogen-bond acceptors (Lipinski definition) is 8. The Morgan fingerprint density at radius 1 is 1.33 bits per heavy atom. The number of hydrogen-bond donors (Lipinski definition) is 1. The number of carbonyl (C=O) groups excluding carboxylic acids is 1. The van der Waals surface area contributed by atoms with E-state index in [1.165, 1.54) is 0 Å². The summed E-state index contributed by atoms with van der Waals surface area (Å²) in [5.74, 6) is -0.363. The minimum Gasteiger partial charge on any atom is -0.489 e. The molecule has 1 aromatic carbocycles. The van der Waals surface area contributed by atoms with Gasteiger partial charge in [0, 0.05) is 18.3 Å². The van der Waals surface area contributed by atoms with Gasteiger partial charge in [-0.05, 0) is 49.5 Å². The van der Waals surface area contributed by atoms with Crippen molar-refractivity contribution in [1.82, 2.24) is 15.3 Å². The van der Waals surface area contributed by atoms with Crippen LogP contribution in [-0.4, -0.2) is 61.6 Å². The first-order valence-corrected chi connectivity index (χ1v) is 13.3. The Kier molecular flexibility index (Phi) is 6.15. The molecule has 33 heavy (non-hydrogen) atoms. The van der Waals surface area contributed by atoms with E-state index in [2.05, 4.69) is 31.2 Å². The molecule has 2 heterocycles. The molecule has 1 N–H and O–H groups in total. The zero-order valence-electron chi connectivity index (χ0n) is 18.4. The number of nitrogens with zero attached hydrogens (tertiary/aromatic N) is 3. The highest BCUT2D eigenvalue weighted by atomic mass is 79.9.